The number of hydrogen-bond donors (Lipinski definition) is 0. The van der Waals surface area contributed by atoms with E-state index in [9.17, 15) is 13.6 Å². The molecule has 3 rings (SSSR count). The molecule has 0 bridgehead atoms. The minimum atomic E-state index is -0.637. The summed E-state index contributed by atoms with van der Waals surface area (Å²) in [6.45, 7) is 0. The van der Waals surface area contributed by atoms with E-state index in [4.69, 9.17) is 4.42 Å². The third kappa shape index (κ3) is 1.91. The van der Waals surface area contributed by atoms with Gasteiger partial charge >= 0.3 is 0 Å². The van der Waals surface area contributed by atoms with E-state index < -0.39 is 11.6 Å². The van der Waals surface area contributed by atoms with Crippen LogP contribution in [-0.2, 0) is 0 Å². The highest BCUT2D eigenvalue weighted by atomic mass is 19.1. The number of carbonyl (C=O) groups is 1. The maximum atomic E-state index is 13.7. The Morgan fingerprint density at radius 3 is 2.53 bits per heavy atom. The van der Waals surface area contributed by atoms with Crippen molar-refractivity contribution in [3.05, 3.63) is 59.7 Å². The van der Waals surface area contributed by atoms with Gasteiger partial charge in [-0.15, -0.1) is 0 Å². The second-order valence-electron chi connectivity index (χ2n) is 4.13. The summed E-state index contributed by atoms with van der Waals surface area (Å²) in [5.41, 5.74) is 0.487. The highest BCUT2D eigenvalue weighted by molar-refractivity contribution is 5.89. The Morgan fingerprint density at radius 1 is 1.00 bits per heavy atom. The van der Waals surface area contributed by atoms with E-state index in [1.54, 1.807) is 18.2 Å². The van der Waals surface area contributed by atoms with Crippen LogP contribution in [0.4, 0.5) is 8.78 Å². The lowest BCUT2D eigenvalue weighted by atomic mass is 10.1. The Bertz CT molecular complexity index is 775. The zero-order valence-corrected chi connectivity index (χ0v) is 9.69. The zero-order valence-electron chi connectivity index (χ0n) is 9.69. The molecule has 0 saturated carbocycles. The van der Waals surface area contributed by atoms with Crippen LogP contribution in [0.15, 0.2) is 46.9 Å². The number of rotatable bonds is 2. The lowest BCUT2D eigenvalue weighted by Gasteiger charge is -1.97. The van der Waals surface area contributed by atoms with Crippen molar-refractivity contribution < 1.29 is 18.0 Å². The van der Waals surface area contributed by atoms with Crippen molar-refractivity contribution in [2.24, 2.45) is 0 Å². The Balaban J connectivity index is 2.25. The molecule has 0 aliphatic heterocycles. The summed E-state index contributed by atoms with van der Waals surface area (Å²) in [6, 6.07) is 10.2. The number of halogens is 2. The number of aldehydes is 1. The lowest BCUT2D eigenvalue weighted by Crippen LogP contribution is -1.82. The highest BCUT2D eigenvalue weighted by Gasteiger charge is 2.13. The molecule has 2 nitrogen and oxygen atoms in total. The van der Waals surface area contributed by atoms with Crippen LogP contribution < -0.4 is 0 Å². The molecule has 0 N–H and O–H groups in total. The number of furan rings is 1. The van der Waals surface area contributed by atoms with Gasteiger partial charge in [0.05, 0.1) is 5.56 Å². The second-order valence-corrected chi connectivity index (χ2v) is 4.13. The van der Waals surface area contributed by atoms with Crippen LogP contribution in [0.3, 0.4) is 0 Å². The largest absolute Gasteiger partial charge is 0.453 e. The van der Waals surface area contributed by atoms with Crippen molar-refractivity contribution >= 4 is 17.3 Å². The normalized spacial score (nSPS) is 10.8. The van der Waals surface area contributed by atoms with E-state index in [1.165, 1.54) is 18.2 Å². The van der Waals surface area contributed by atoms with E-state index in [1.807, 2.05) is 0 Å². The van der Waals surface area contributed by atoms with Gasteiger partial charge in [-0.1, -0.05) is 12.1 Å². The summed E-state index contributed by atoms with van der Waals surface area (Å²) in [5, 5.41) is 0.431. The van der Waals surface area contributed by atoms with Gasteiger partial charge in [0.2, 0.25) is 0 Å². The van der Waals surface area contributed by atoms with Gasteiger partial charge in [0.1, 0.15) is 17.9 Å². The predicted molar refractivity (Wildman–Crippen MR) is 67.0 cm³/mol. The lowest BCUT2D eigenvalue weighted by molar-refractivity contribution is 0.112. The summed E-state index contributed by atoms with van der Waals surface area (Å²) >= 11 is 0. The second kappa shape index (κ2) is 4.31. The van der Waals surface area contributed by atoms with Gasteiger partial charge in [0.15, 0.2) is 11.4 Å². The van der Waals surface area contributed by atoms with Crippen molar-refractivity contribution in [3.8, 4) is 11.3 Å². The van der Waals surface area contributed by atoms with Crippen molar-refractivity contribution in [2.75, 3.05) is 0 Å². The van der Waals surface area contributed by atoms with E-state index in [-0.39, 0.29) is 22.5 Å². The van der Waals surface area contributed by atoms with Gasteiger partial charge in [0, 0.05) is 10.9 Å². The number of hydrogen-bond acceptors (Lipinski definition) is 2. The highest BCUT2D eigenvalue weighted by Crippen LogP contribution is 2.31. The standard InChI is InChI=1S/C15H8F2O2/c16-12-4-2-1-3-11(12)14-7-10-5-9(8-18)6-13(17)15(10)19-14/h1-8H. The van der Waals surface area contributed by atoms with E-state index in [0.717, 1.165) is 6.07 Å². The van der Waals surface area contributed by atoms with E-state index >= 15 is 0 Å². The third-order valence-corrected chi connectivity index (χ3v) is 2.87. The van der Waals surface area contributed by atoms with Crippen LogP contribution in [-0.4, -0.2) is 6.29 Å². The Kier molecular flexibility index (Phi) is 2.63. The predicted octanol–water partition coefficient (Wildman–Crippen LogP) is 4.19. The fraction of sp³-hybridized carbons (Fsp3) is 0. The first-order valence-electron chi connectivity index (χ1n) is 5.62. The average molecular weight is 258 g/mol. The molecule has 0 unspecified atom stereocenters. The maximum Gasteiger partial charge on any atom is 0.170 e. The molecule has 0 saturated heterocycles. The smallest absolute Gasteiger partial charge is 0.170 e. The van der Waals surface area contributed by atoms with Gasteiger partial charge in [-0.25, -0.2) is 8.78 Å². The van der Waals surface area contributed by atoms with Gasteiger partial charge in [-0.2, -0.15) is 0 Å². The van der Waals surface area contributed by atoms with Crippen LogP contribution >= 0.6 is 0 Å². The van der Waals surface area contributed by atoms with Crippen LogP contribution in [0.5, 0.6) is 0 Å². The molecular weight excluding hydrogens is 250 g/mol. The number of carbonyl (C=O) groups excluding carboxylic acids is 1. The minimum absolute atomic E-state index is 0.0175. The first-order chi connectivity index (χ1) is 9.19. The van der Waals surface area contributed by atoms with E-state index in [2.05, 4.69) is 0 Å². The van der Waals surface area contributed by atoms with Gasteiger partial charge in [0.25, 0.3) is 0 Å². The van der Waals surface area contributed by atoms with Crippen molar-refractivity contribution in [2.45, 2.75) is 0 Å². The summed E-state index contributed by atoms with van der Waals surface area (Å²) in [5.74, 6) is -0.852. The molecule has 0 amide bonds. The molecule has 0 aliphatic rings. The average Bonchev–Trinajstić information content (AvgIpc) is 2.83. The van der Waals surface area contributed by atoms with Crippen LogP contribution in [0, 0.1) is 11.6 Å². The van der Waals surface area contributed by atoms with E-state index in [0.29, 0.717) is 11.7 Å². The Morgan fingerprint density at radius 2 is 1.79 bits per heavy atom. The summed E-state index contributed by atoms with van der Waals surface area (Å²) in [4.78, 5) is 10.7. The van der Waals surface area contributed by atoms with Crippen LogP contribution in [0.1, 0.15) is 10.4 Å². The van der Waals surface area contributed by atoms with Crippen LogP contribution in [0.25, 0.3) is 22.3 Å². The fourth-order valence-corrected chi connectivity index (χ4v) is 1.99. The molecule has 0 fully saturated rings. The monoisotopic (exact) mass is 258 g/mol. The Labute approximate surface area is 107 Å². The SMILES string of the molecule is O=Cc1cc(F)c2oc(-c3ccccc3F)cc2c1. The molecule has 19 heavy (non-hydrogen) atoms. The van der Waals surface area contributed by atoms with Crippen molar-refractivity contribution in [1.29, 1.82) is 0 Å². The summed E-state index contributed by atoms with van der Waals surface area (Å²) in [6.07, 6.45) is 0.554. The van der Waals surface area contributed by atoms with Crippen molar-refractivity contribution in [3.63, 3.8) is 0 Å². The Hall–Kier alpha value is -2.49. The van der Waals surface area contributed by atoms with Gasteiger partial charge in [-0.05, 0) is 30.3 Å². The van der Waals surface area contributed by atoms with Gasteiger partial charge < -0.3 is 4.42 Å². The molecule has 0 aliphatic carbocycles. The molecular formula is C15H8F2O2. The molecule has 0 spiro atoms. The minimum Gasteiger partial charge on any atom is -0.453 e. The molecule has 94 valence electrons. The molecule has 1 heterocycles. The first kappa shape index (κ1) is 11.6. The first-order valence-corrected chi connectivity index (χ1v) is 5.62. The maximum absolute atomic E-state index is 13.7. The molecule has 2 aromatic carbocycles. The molecule has 3 aromatic rings. The quantitative estimate of drug-likeness (QED) is 0.645. The summed E-state index contributed by atoms with van der Waals surface area (Å²) < 4.78 is 32.7. The van der Waals surface area contributed by atoms with Gasteiger partial charge in [-0.3, -0.25) is 4.79 Å². The molecule has 1 aromatic heterocycles. The molecule has 0 atom stereocenters. The number of fused-ring (bicyclic) bond motifs is 1. The third-order valence-electron chi connectivity index (χ3n) is 2.87. The molecule has 4 heteroatoms. The molecule has 0 radical (unpaired) electrons. The fourth-order valence-electron chi connectivity index (χ4n) is 1.99. The number of benzene rings is 2. The topological polar surface area (TPSA) is 30.2 Å². The zero-order chi connectivity index (χ0) is 13.4. The van der Waals surface area contributed by atoms with Crippen molar-refractivity contribution in [1.82, 2.24) is 0 Å². The van der Waals surface area contributed by atoms with Crippen LogP contribution in [0.2, 0.25) is 0 Å². The summed E-state index contributed by atoms with van der Waals surface area (Å²) in [7, 11) is 0.